The lowest BCUT2D eigenvalue weighted by Gasteiger charge is -2.04. The molecule has 158 valence electrons. The first-order valence-corrected chi connectivity index (χ1v) is 10.9. The molecular formula is C23H34N4O2. The monoisotopic (exact) mass is 398 g/mol. The molecule has 0 aliphatic carbocycles. The molecule has 0 fully saturated rings. The lowest BCUT2D eigenvalue weighted by Crippen LogP contribution is -2.34. The number of carbonyl (C=O) groups is 2. The number of nitrogens with zero attached hydrogens (tertiary/aromatic N) is 1. The van der Waals surface area contributed by atoms with Gasteiger partial charge in [-0.25, -0.2) is 5.43 Å². The van der Waals surface area contributed by atoms with E-state index in [1.165, 1.54) is 44.9 Å². The highest BCUT2D eigenvalue weighted by Crippen LogP contribution is 2.15. The van der Waals surface area contributed by atoms with Crippen molar-refractivity contribution in [3.05, 3.63) is 36.0 Å². The highest BCUT2D eigenvalue weighted by Gasteiger charge is 2.05. The molecule has 0 aliphatic heterocycles. The van der Waals surface area contributed by atoms with Gasteiger partial charge in [0.2, 0.25) is 5.91 Å². The first-order chi connectivity index (χ1) is 14.2. The van der Waals surface area contributed by atoms with Gasteiger partial charge >= 0.3 is 0 Å². The lowest BCUT2D eigenvalue weighted by atomic mass is 10.1. The van der Waals surface area contributed by atoms with Crippen molar-refractivity contribution < 1.29 is 9.59 Å². The molecule has 1 aromatic carbocycles. The number of hydrazone groups is 1. The molecule has 6 nitrogen and oxygen atoms in total. The van der Waals surface area contributed by atoms with Crippen LogP contribution in [0.15, 0.2) is 35.6 Å². The minimum atomic E-state index is -0.332. The summed E-state index contributed by atoms with van der Waals surface area (Å²) in [5, 5.41) is 7.66. The van der Waals surface area contributed by atoms with E-state index < -0.39 is 0 Å². The van der Waals surface area contributed by atoms with E-state index in [0.29, 0.717) is 6.42 Å². The number of aromatic nitrogens is 1. The molecule has 29 heavy (non-hydrogen) atoms. The van der Waals surface area contributed by atoms with E-state index in [1.807, 2.05) is 30.5 Å². The fourth-order valence-electron chi connectivity index (χ4n) is 3.28. The molecule has 6 heteroatoms. The summed E-state index contributed by atoms with van der Waals surface area (Å²) in [5.74, 6) is -0.412. The molecule has 0 atom stereocenters. The number of hydrogen-bond donors (Lipinski definition) is 3. The van der Waals surface area contributed by atoms with Gasteiger partial charge in [0.1, 0.15) is 0 Å². The third kappa shape index (κ3) is 8.94. The van der Waals surface area contributed by atoms with Crippen molar-refractivity contribution in [2.45, 2.75) is 71.1 Å². The second-order valence-electron chi connectivity index (χ2n) is 7.44. The van der Waals surface area contributed by atoms with Crippen LogP contribution in [0.3, 0.4) is 0 Å². The summed E-state index contributed by atoms with van der Waals surface area (Å²) < 4.78 is 0. The summed E-state index contributed by atoms with van der Waals surface area (Å²) in [6.07, 6.45) is 14.9. The number of nitrogens with one attached hydrogen (secondary N) is 3. The van der Waals surface area contributed by atoms with Crippen molar-refractivity contribution in [2.75, 3.05) is 6.54 Å². The molecule has 0 bridgehead atoms. The van der Waals surface area contributed by atoms with Gasteiger partial charge < -0.3 is 10.3 Å². The lowest BCUT2D eigenvalue weighted by molar-refractivity contribution is -0.126. The first kappa shape index (κ1) is 22.7. The number of H-pyrrole nitrogens is 1. The standard InChI is InChI=1S/C23H34N4O2/c1-2-3-4-5-6-7-8-9-10-15-22(28)25-18-23(29)27-26-17-19-16-24-21-14-12-11-13-20(19)21/h11-14,16-17,24H,2-10,15,18H2,1H3,(H,25,28)(H,27,29)/b26-17+. The molecule has 2 rings (SSSR count). The zero-order valence-electron chi connectivity index (χ0n) is 17.5. The maximum atomic E-state index is 11.8. The predicted molar refractivity (Wildman–Crippen MR) is 119 cm³/mol. The van der Waals surface area contributed by atoms with Gasteiger partial charge in [-0.3, -0.25) is 9.59 Å². The van der Waals surface area contributed by atoms with Crippen LogP contribution < -0.4 is 10.7 Å². The van der Waals surface area contributed by atoms with Crippen molar-refractivity contribution in [3.63, 3.8) is 0 Å². The molecule has 2 amide bonds. The molecule has 0 spiro atoms. The predicted octanol–water partition coefficient (Wildman–Crippen LogP) is 4.66. The Bertz CT molecular complexity index is 782. The zero-order valence-corrected chi connectivity index (χ0v) is 17.5. The van der Waals surface area contributed by atoms with Crippen molar-refractivity contribution >= 4 is 28.9 Å². The van der Waals surface area contributed by atoms with Crippen molar-refractivity contribution in [1.29, 1.82) is 0 Å². The summed E-state index contributed by atoms with van der Waals surface area (Å²) in [6.45, 7) is 2.18. The van der Waals surface area contributed by atoms with E-state index in [0.717, 1.165) is 29.3 Å². The van der Waals surface area contributed by atoms with Crippen LogP contribution in [0.2, 0.25) is 0 Å². The summed E-state index contributed by atoms with van der Waals surface area (Å²) in [4.78, 5) is 26.8. The molecule has 3 N–H and O–H groups in total. The number of aromatic amines is 1. The molecule has 1 aromatic heterocycles. The Hall–Kier alpha value is -2.63. The second kappa shape index (κ2) is 13.5. The Morgan fingerprint density at radius 2 is 1.66 bits per heavy atom. The van der Waals surface area contributed by atoms with Crippen LogP contribution in [0.5, 0.6) is 0 Å². The third-order valence-electron chi connectivity index (χ3n) is 4.97. The van der Waals surface area contributed by atoms with Gasteiger partial charge in [0.05, 0.1) is 12.8 Å². The Balaban J connectivity index is 1.52. The number of unbranched alkanes of at least 4 members (excludes halogenated alkanes) is 8. The van der Waals surface area contributed by atoms with E-state index in [2.05, 4.69) is 27.8 Å². The van der Waals surface area contributed by atoms with Crippen LogP contribution in [0.25, 0.3) is 10.9 Å². The minimum absolute atomic E-state index is 0.0541. The average Bonchev–Trinajstić information content (AvgIpc) is 3.14. The van der Waals surface area contributed by atoms with Crippen molar-refractivity contribution in [2.24, 2.45) is 5.10 Å². The molecule has 0 aliphatic rings. The average molecular weight is 399 g/mol. The summed E-state index contributed by atoms with van der Waals surface area (Å²) in [6, 6.07) is 7.88. The Kier molecular flexibility index (Phi) is 10.6. The van der Waals surface area contributed by atoms with Gasteiger partial charge in [0.25, 0.3) is 5.91 Å². The quantitative estimate of drug-likeness (QED) is 0.246. The molecule has 0 radical (unpaired) electrons. The highest BCUT2D eigenvalue weighted by atomic mass is 16.2. The van der Waals surface area contributed by atoms with Gasteiger partial charge in [-0.2, -0.15) is 5.10 Å². The minimum Gasteiger partial charge on any atom is -0.361 e. The van der Waals surface area contributed by atoms with Crippen LogP contribution in [-0.2, 0) is 9.59 Å². The number of rotatable bonds is 14. The van der Waals surface area contributed by atoms with Crippen LogP contribution in [0.4, 0.5) is 0 Å². The maximum Gasteiger partial charge on any atom is 0.259 e. The van der Waals surface area contributed by atoms with E-state index in [1.54, 1.807) is 6.21 Å². The Labute approximate surface area is 173 Å². The molecule has 2 aromatic rings. The largest absolute Gasteiger partial charge is 0.361 e. The van der Waals surface area contributed by atoms with E-state index in [4.69, 9.17) is 0 Å². The topological polar surface area (TPSA) is 86.3 Å². The summed E-state index contributed by atoms with van der Waals surface area (Å²) in [5.41, 5.74) is 4.36. The third-order valence-corrected chi connectivity index (χ3v) is 4.97. The van der Waals surface area contributed by atoms with Crippen molar-refractivity contribution in [3.8, 4) is 0 Å². The van der Waals surface area contributed by atoms with Gasteiger partial charge in [0, 0.05) is 29.1 Å². The summed E-state index contributed by atoms with van der Waals surface area (Å²) >= 11 is 0. The van der Waals surface area contributed by atoms with Gasteiger partial charge in [-0.1, -0.05) is 76.5 Å². The smallest absolute Gasteiger partial charge is 0.259 e. The number of fused-ring (bicyclic) bond motifs is 1. The molecule has 0 saturated heterocycles. The van der Waals surface area contributed by atoms with Gasteiger partial charge in [0.15, 0.2) is 0 Å². The number of benzene rings is 1. The van der Waals surface area contributed by atoms with E-state index in [-0.39, 0.29) is 18.4 Å². The Morgan fingerprint density at radius 3 is 2.41 bits per heavy atom. The fourth-order valence-corrected chi connectivity index (χ4v) is 3.28. The SMILES string of the molecule is CCCCCCCCCCCC(=O)NCC(=O)N/N=C/c1c[nH]c2ccccc12. The van der Waals surface area contributed by atoms with E-state index in [9.17, 15) is 9.59 Å². The number of para-hydroxylation sites is 1. The Morgan fingerprint density at radius 1 is 0.966 bits per heavy atom. The number of hydrogen-bond acceptors (Lipinski definition) is 3. The van der Waals surface area contributed by atoms with Crippen molar-refractivity contribution in [1.82, 2.24) is 15.7 Å². The normalized spacial score (nSPS) is 11.2. The summed E-state index contributed by atoms with van der Waals surface area (Å²) in [7, 11) is 0. The first-order valence-electron chi connectivity index (χ1n) is 10.9. The molecule has 0 saturated carbocycles. The molecule has 0 unspecified atom stereocenters. The second-order valence-corrected chi connectivity index (χ2v) is 7.44. The van der Waals surface area contributed by atoms with Crippen LogP contribution in [-0.4, -0.2) is 29.6 Å². The molecular weight excluding hydrogens is 364 g/mol. The van der Waals surface area contributed by atoms with Crippen LogP contribution in [0.1, 0.15) is 76.7 Å². The van der Waals surface area contributed by atoms with Crippen LogP contribution in [0, 0.1) is 0 Å². The zero-order chi connectivity index (χ0) is 20.7. The fraction of sp³-hybridized carbons (Fsp3) is 0.522. The number of carbonyl (C=O) groups excluding carboxylic acids is 2. The van der Waals surface area contributed by atoms with Gasteiger partial charge in [-0.15, -0.1) is 0 Å². The van der Waals surface area contributed by atoms with Crippen LogP contribution >= 0.6 is 0 Å². The molecule has 1 heterocycles. The highest BCUT2D eigenvalue weighted by molar-refractivity contribution is 5.99. The maximum absolute atomic E-state index is 11.8. The van der Waals surface area contributed by atoms with E-state index >= 15 is 0 Å². The number of amides is 2. The van der Waals surface area contributed by atoms with Gasteiger partial charge in [-0.05, 0) is 12.5 Å².